The van der Waals surface area contributed by atoms with E-state index in [1.807, 2.05) is 0 Å². The van der Waals surface area contributed by atoms with E-state index in [9.17, 15) is 0 Å². The summed E-state index contributed by atoms with van der Waals surface area (Å²) in [4.78, 5) is 4.88. The third kappa shape index (κ3) is 3.46. The van der Waals surface area contributed by atoms with Crippen LogP contribution >= 0.6 is 0 Å². The maximum Gasteiger partial charge on any atom is 0.137 e. The second-order valence-electron chi connectivity index (χ2n) is 6.30. The van der Waals surface area contributed by atoms with Crippen LogP contribution in [-0.2, 0) is 19.4 Å². The van der Waals surface area contributed by atoms with E-state index in [0.717, 1.165) is 18.5 Å². The molecular weight excluding hydrogens is 258 g/mol. The van der Waals surface area contributed by atoms with Crippen LogP contribution in [0.15, 0.2) is 18.3 Å². The fourth-order valence-electron chi connectivity index (χ4n) is 3.42. The third-order valence-electron chi connectivity index (χ3n) is 4.67. The van der Waals surface area contributed by atoms with Gasteiger partial charge in [-0.2, -0.15) is 0 Å². The molecule has 1 aliphatic rings. The number of imidazole rings is 1. The monoisotopic (exact) mass is 285 g/mol. The molecule has 0 aliphatic heterocycles. The van der Waals surface area contributed by atoms with Crippen LogP contribution in [0.1, 0.15) is 68.3 Å². The van der Waals surface area contributed by atoms with Crippen molar-refractivity contribution < 1.29 is 0 Å². The minimum absolute atomic E-state index is 0.600. The van der Waals surface area contributed by atoms with Crippen molar-refractivity contribution in [2.24, 2.45) is 5.73 Å². The van der Waals surface area contributed by atoms with Gasteiger partial charge in [0.25, 0.3) is 0 Å². The average Bonchev–Trinajstić information content (AvgIpc) is 2.84. The normalized spacial score (nSPS) is 18.0. The number of nitrogens with two attached hydrogens (primary N) is 1. The van der Waals surface area contributed by atoms with Crippen molar-refractivity contribution in [2.75, 3.05) is 0 Å². The van der Waals surface area contributed by atoms with Gasteiger partial charge in [-0.3, -0.25) is 0 Å². The smallest absolute Gasteiger partial charge is 0.137 e. The number of fused-ring (bicyclic) bond motifs is 3. The molecule has 3 nitrogen and oxygen atoms in total. The van der Waals surface area contributed by atoms with Crippen molar-refractivity contribution in [1.82, 2.24) is 9.38 Å². The molecule has 2 heterocycles. The van der Waals surface area contributed by atoms with Crippen molar-refractivity contribution in [2.45, 2.75) is 70.8 Å². The maximum absolute atomic E-state index is 5.79. The highest BCUT2D eigenvalue weighted by atomic mass is 15.0. The first-order valence-electron chi connectivity index (χ1n) is 8.57. The van der Waals surface area contributed by atoms with Gasteiger partial charge in [-0.25, -0.2) is 4.98 Å². The topological polar surface area (TPSA) is 43.3 Å². The summed E-state index contributed by atoms with van der Waals surface area (Å²) in [5, 5.41) is 0. The highest BCUT2D eigenvalue weighted by Gasteiger charge is 2.12. The molecule has 114 valence electrons. The summed E-state index contributed by atoms with van der Waals surface area (Å²) in [5.74, 6) is 0. The van der Waals surface area contributed by atoms with Gasteiger partial charge >= 0.3 is 0 Å². The summed E-state index contributed by atoms with van der Waals surface area (Å²) >= 11 is 0. The SMILES string of the molecule is NCc1ccc2nc3c(n2c1)CCCCCCCCCC3. The van der Waals surface area contributed by atoms with E-state index in [1.54, 1.807) is 0 Å². The maximum atomic E-state index is 5.79. The lowest BCUT2D eigenvalue weighted by molar-refractivity contribution is 0.555. The molecule has 0 atom stereocenters. The largest absolute Gasteiger partial charge is 0.326 e. The van der Waals surface area contributed by atoms with E-state index in [-0.39, 0.29) is 0 Å². The molecule has 0 unspecified atom stereocenters. The predicted octanol–water partition coefficient (Wildman–Crippen LogP) is 4.01. The number of aryl methyl sites for hydroxylation is 2. The van der Waals surface area contributed by atoms with E-state index >= 15 is 0 Å². The summed E-state index contributed by atoms with van der Waals surface area (Å²) in [7, 11) is 0. The Labute approximate surface area is 127 Å². The molecule has 0 saturated carbocycles. The minimum Gasteiger partial charge on any atom is -0.326 e. The zero-order chi connectivity index (χ0) is 14.5. The molecule has 3 heteroatoms. The molecule has 0 bridgehead atoms. The van der Waals surface area contributed by atoms with Crippen LogP contribution in [0.25, 0.3) is 5.65 Å². The third-order valence-corrected chi connectivity index (χ3v) is 4.67. The molecule has 0 aromatic carbocycles. The van der Waals surface area contributed by atoms with E-state index < -0.39 is 0 Å². The first kappa shape index (κ1) is 14.6. The molecule has 0 fully saturated rings. The Hall–Kier alpha value is -1.35. The van der Waals surface area contributed by atoms with Crippen LogP contribution < -0.4 is 5.73 Å². The standard InChI is InChI=1S/C18H27N3/c19-13-15-11-12-18-20-16-9-7-5-3-1-2-4-6-8-10-17(16)21(18)14-15/h11-12,14H,1-10,13,19H2. The Bertz CT molecular complexity index is 585. The molecule has 0 radical (unpaired) electrons. The van der Waals surface area contributed by atoms with Crippen LogP contribution in [0.2, 0.25) is 0 Å². The molecule has 0 amide bonds. The summed E-state index contributed by atoms with van der Waals surface area (Å²) < 4.78 is 2.29. The van der Waals surface area contributed by atoms with E-state index in [1.165, 1.54) is 68.3 Å². The van der Waals surface area contributed by atoms with Gasteiger partial charge in [-0.15, -0.1) is 0 Å². The van der Waals surface area contributed by atoms with Gasteiger partial charge in [0.2, 0.25) is 0 Å². The Kier molecular flexibility index (Phi) is 4.91. The Morgan fingerprint density at radius 1 is 0.905 bits per heavy atom. The zero-order valence-electron chi connectivity index (χ0n) is 13.0. The highest BCUT2D eigenvalue weighted by molar-refractivity contribution is 5.45. The van der Waals surface area contributed by atoms with Crippen molar-refractivity contribution in [3.05, 3.63) is 35.3 Å². The van der Waals surface area contributed by atoms with Crippen molar-refractivity contribution in [1.29, 1.82) is 0 Å². The number of nitrogens with zero attached hydrogens (tertiary/aromatic N) is 2. The van der Waals surface area contributed by atoms with E-state index in [0.29, 0.717) is 6.54 Å². The summed E-state index contributed by atoms with van der Waals surface area (Å²) in [6.45, 7) is 0.600. The van der Waals surface area contributed by atoms with Crippen molar-refractivity contribution in [3.63, 3.8) is 0 Å². The molecule has 1 aliphatic carbocycles. The molecule has 3 rings (SSSR count). The Morgan fingerprint density at radius 3 is 2.29 bits per heavy atom. The first-order chi connectivity index (χ1) is 10.4. The second-order valence-corrected chi connectivity index (χ2v) is 6.30. The molecule has 2 N–H and O–H groups in total. The fraction of sp³-hybridized carbons (Fsp3) is 0.611. The highest BCUT2D eigenvalue weighted by Crippen LogP contribution is 2.21. The van der Waals surface area contributed by atoms with Crippen molar-refractivity contribution in [3.8, 4) is 0 Å². The van der Waals surface area contributed by atoms with Gasteiger partial charge in [0.05, 0.1) is 5.69 Å². The zero-order valence-corrected chi connectivity index (χ0v) is 13.0. The lowest BCUT2D eigenvalue weighted by atomic mass is 10.0. The summed E-state index contributed by atoms with van der Waals surface area (Å²) in [6.07, 6.45) is 15.3. The summed E-state index contributed by atoms with van der Waals surface area (Å²) in [6, 6.07) is 4.22. The van der Waals surface area contributed by atoms with Gasteiger partial charge in [0, 0.05) is 18.4 Å². The molecule has 0 spiro atoms. The average molecular weight is 285 g/mol. The van der Waals surface area contributed by atoms with Crippen LogP contribution in [-0.4, -0.2) is 9.38 Å². The Balaban J connectivity index is 1.91. The fourth-order valence-corrected chi connectivity index (χ4v) is 3.42. The Morgan fingerprint density at radius 2 is 1.57 bits per heavy atom. The van der Waals surface area contributed by atoms with E-state index in [2.05, 4.69) is 22.7 Å². The molecule has 2 aromatic rings. The second kappa shape index (κ2) is 7.08. The van der Waals surface area contributed by atoms with Crippen LogP contribution in [0.4, 0.5) is 0 Å². The number of hydrogen-bond donors (Lipinski definition) is 1. The van der Waals surface area contributed by atoms with E-state index in [4.69, 9.17) is 10.7 Å². The van der Waals surface area contributed by atoms with Crippen LogP contribution in [0.3, 0.4) is 0 Å². The minimum atomic E-state index is 0.600. The van der Waals surface area contributed by atoms with Gasteiger partial charge in [0.1, 0.15) is 5.65 Å². The molecule has 21 heavy (non-hydrogen) atoms. The van der Waals surface area contributed by atoms with Gasteiger partial charge < -0.3 is 10.1 Å². The lowest BCUT2D eigenvalue weighted by Gasteiger charge is -2.08. The lowest BCUT2D eigenvalue weighted by Crippen LogP contribution is -2.02. The van der Waals surface area contributed by atoms with Gasteiger partial charge in [-0.1, -0.05) is 44.6 Å². The van der Waals surface area contributed by atoms with Crippen LogP contribution in [0.5, 0.6) is 0 Å². The predicted molar refractivity (Wildman–Crippen MR) is 87.4 cm³/mol. The number of aromatic nitrogens is 2. The molecule has 0 saturated heterocycles. The van der Waals surface area contributed by atoms with Crippen LogP contribution in [0, 0.1) is 0 Å². The number of rotatable bonds is 1. The van der Waals surface area contributed by atoms with Gasteiger partial charge in [-0.05, 0) is 37.3 Å². The molecule has 2 aromatic heterocycles. The number of hydrogen-bond acceptors (Lipinski definition) is 2. The van der Waals surface area contributed by atoms with Crippen molar-refractivity contribution >= 4 is 5.65 Å². The molecular formula is C18H27N3. The quantitative estimate of drug-likeness (QED) is 0.860. The number of pyridine rings is 1. The van der Waals surface area contributed by atoms with Gasteiger partial charge in [0.15, 0.2) is 0 Å². The first-order valence-corrected chi connectivity index (χ1v) is 8.57. The summed E-state index contributed by atoms with van der Waals surface area (Å²) in [5.41, 5.74) is 10.8.